The van der Waals surface area contributed by atoms with Crippen molar-refractivity contribution in [1.82, 2.24) is 19.6 Å². The van der Waals surface area contributed by atoms with Crippen LogP contribution in [0.5, 0.6) is 0 Å². The number of carbonyl (C=O) groups excluding carboxylic acids is 3. The van der Waals surface area contributed by atoms with Crippen LogP contribution in [0.15, 0.2) is 18.3 Å². The Morgan fingerprint density at radius 1 is 1.23 bits per heavy atom. The van der Waals surface area contributed by atoms with E-state index in [4.69, 9.17) is 10.5 Å². The number of hydrogen-bond acceptors (Lipinski definition) is 7. The lowest BCUT2D eigenvalue weighted by Crippen LogP contribution is -2.17. The van der Waals surface area contributed by atoms with Crippen LogP contribution >= 0.6 is 11.3 Å². The Labute approximate surface area is 183 Å². The molecule has 164 valence electrons. The number of nitrogens with zero attached hydrogens (tertiary/aromatic N) is 4. The second-order valence-corrected chi connectivity index (χ2v) is 8.04. The van der Waals surface area contributed by atoms with Crippen molar-refractivity contribution in [1.29, 1.82) is 0 Å². The van der Waals surface area contributed by atoms with E-state index in [1.807, 2.05) is 26.8 Å². The highest BCUT2D eigenvalue weighted by atomic mass is 32.1. The summed E-state index contributed by atoms with van der Waals surface area (Å²) in [5, 5.41) is 11.5. The maximum absolute atomic E-state index is 12.8. The van der Waals surface area contributed by atoms with Gasteiger partial charge in [-0.25, -0.2) is 9.48 Å². The third-order valence-electron chi connectivity index (χ3n) is 4.49. The number of nitrogens with one attached hydrogen (secondary N) is 1. The minimum absolute atomic E-state index is 0.127. The SMILES string of the molecule is CCCOC(=O)c1c(NC(=O)c2ccn(Cn3nc(C)cc3C)n2)sc(C(N)=O)c1C. The van der Waals surface area contributed by atoms with Crippen LogP contribution in [0.3, 0.4) is 0 Å². The Bertz CT molecular complexity index is 1140. The first kappa shape index (κ1) is 22.2. The van der Waals surface area contributed by atoms with E-state index < -0.39 is 17.8 Å². The molecule has 31 heavy (non-hydrogen) atoms. The van der Waals surface area contributed by atoms with E-state index in [2.05, 4.69) is 15.5 Å². The normalized spacial score (nSPS) is 10.8. The van der Waals surface area contributed by atoms with Gasteiger partial charge in [0.15, 0.2) is 5.69 Å². The standard InChI is InChI=1S/C20H24N6O4S/c1-5-8-30-20(29)15-13(4)16(17(21)27)31-19(15)22-18(28)14-6-7-25(24-14)10-26-12(3)9-11(2)23-26/h6-7,9H,5,8,10H2,1-4H3,(H2,21,27)(H,22,28). The summed E-state index contributed by atoms with van der Waals surface area (Å²) in [6.07, 6.45) is 2.31. The van der Waals surface area contributed by atoms with Crippen molar-refractivity contribution >= 4 is 34.1 Å². The van der Waals surface area contributed by atoms with E-state index in [1.54, 1.807) is 28.6 Å². The molecule has 0 aliphatic carbocycles. The third kappa shape index (κ3) is 4.82. The number of carbonyl (C=O) groups is 3. The minimum Gasteiger partial charge on any atom is -0.462 e. The van der Waals surface area contributed by atoms with Gasteiger partial charge >= 0.3 is 5.97 Å². The zero-order valence-electron chi connectivity index (χ0n) is 17.8. The van der Waals surface area contributed by atoms with E-state index in [1.165, 1.54) is 0 Å². The predicted octanol–water partition coefficient (Wildman–Crippen LogP) is 2.49. The lowest BCUT2D eigenvalue weighted by atomic mass is 10.1. The monoisotopic (exact) mass is 444 g/mol. The summed E-state index contributed by atoms with van der Waals surface area (Å²) in [6.45, 7) is 7.88. The fraction of sp³-hybridized carbons (Fsp3) is 0.350. The molecule has 10 nitrogen and oxygen atoms in total. The molecule has 0 aromatic carbocycles. The number of anilines is 1. The average Bonchev–Trinajstić information content (AvgIpc) is 3.38. The molecule has 0 fully saturated rings. The molecule has 0 aliphatic rings. The quantitative estimate of drug-likeness (QED) is 0.513. The van der Waals surface area contributed by atoms with Crippen molar-refractivity contribution in [2.45, 2.75) is 40.8 Å². The van der Waals surface area contributed by atoms with Crippen LogP contribution in [-0.2, 0) is 11.4 Å². The molecule has 11 heteroatoms. The first-order valence-corrected chi connectivity index (χ1v) is 10.5. The van der Waals surface area contributed by atoms with Crippen molar-refractivity contribution in [2.24, 2.45) is 5.73 Å². The van der Waals surface area contributed by atoms with Gasteiger partial charge in [0.05, 0.1) is 22.7 Å². The van der Waals surface area contributed by atoms with Crippen LogP contribution in [0.4, 0.5) is 5.00 Å². The van der Waals surface area contributed by atoms with Gasteiger partial charge in [-0.3, -0.25) is 14.3 Å². The summed E-state index contributed by atoms with van der Waals surface area (Å²) >= 11 is 0.937. The highest BCUT2D eigenvalue weighted by molar-refractivity contribution is 7.18. The first-order chi connectivity index (χ1) is 14.7. The maximum Gasteiger partial charge on any atom is 0.341 e. The molecule has 3 N–H and O–H groups in total. The number of thiophene rings is 1. The van der Waals surface area contributed by atoms with Crippen LogP contribution in [0.1, 0.15) is 60.8 Å². The smallest absolute Gasteiger partial charge is 0.341 e. The van der Waals surface area contributed by atoms with Crippen molar-refractivity contribution in [3.05, 3.63) is 51.4 Å². The molecule has 2 amide bonds. The zero-order valence-corrected chi connectivity index (χ0v) is 18.6. The molecule has 0 spiro atoms. The molecule has 0 unspecified atom stereocenters. The highest BCUT2D eigenvalue weighted by Gasteiger charge is 2.26. The van der Waals surface area contributed by atoms with Crippen LogP contribution in [0, 0.1) is 20.8 Å². The molecule has 3 heterocycles. The molecule has 0 saturated heterocycles. The number of ether oxygens (including phenoxy) is 1. The van der Waals surface area contributed by atoms with Gasteiger partial charge in [-0.1, -0.05) is 6.92 Å². The number of amides is 2. The first-order valence-electron chi connectivity index (χ1n) is 9.67. The molecule has 0 aliphatic heterocycles. The van der Waals surface area contributed by atoms with Gasteiger partial charge in [0.2, 0.25) is 0 Å². The molecule has 0 atom stereocenters. The zero-order chi connectivity index (χ0) is 22.7. The molecular formula is C20H24N6O4S. The number of aromatic nitrogens is 4. The van der Waals surface area contributed by atoms with E-state index in [9.17, 15) is 14.4 Å². The maximum atomic E-state index is 12.8. The Hall–Kier alpha value is -3.47. The van der Waals surface area contributed by atoms with E-state index >= 15 is 0 Å². The molecule has 3 aromatic rings. The molecule has 0 saturated carbocycles. The van der Waals surface area contributed by atoms with Crippen LogP contribution in [-0.4, -0.2) is 44.0 Å². The lowest BCUT2D eigenvalue weighted by Gasteiger charge is -2.07. The Kier molecular flexibility index (Phi) is 6.54. The van der Waals surface area contributed by atoms with Gasteiger partial charge < -0.3 is 15.8 Å². The topological polar surface area (TPSA) is 134 Å². The minimum atomic E-state index is -0.679. The number of aryl methyl sites for hydroxylation is 2. The van der Waals surface area contributed by atoms with Gasteiger partial charge in [-0.2, -0.15) is 10.2 Å². The van der Waals surface area contributed by atoms with E-state index in [0.29, 0.717) is 18.7 Å². The molecular weight excluding hydrogens is 420 g/mol. The Balaban J connectivity index is 1.82. The summed E-state index contributed by atoms with van der Waals surface area (Å²) in [5.74, 6) is -1.82. The van der Waals surface area contributed by atoms with Gasteiger partial charge in [0.1, 0.15) is 11.7 Å². The molecule has 0 bridgehead atoms. The van der Waals surface area contributed by atoms with Gasteiger partial charge in [0, 0.05) is 11.9 Å². The van der Waals surface area contributed by atoms with Crippen LogP contribution < -0.4 is 11.1 Å². The van der Waals surface area contributed by atoms with Gasteiger partial charge in [0.25, 0.3) is 11.8 Å². The van der Waals surface area contributed by atoms with Crippen LogP contribution in [0.2, 0.25) is 0 Å². The summed E-state index contributed by atoms with van der Waals surface area (Å²) in [7, 11) is 0. The van der Waals surface area contributed by atoms with Crippen molar-refractivity contribution in [3.63, 3.8) is 0 Å². The predicted molar refractivity (Wildman–Crippen MR) is 115 cm³/mol. The summed E-state index contributed by atoms with van der Waals surface area (Å²) in [4.78, 5) is 37.2. The second-order valence-electron chi connectivity index (χ2n) is 7.02. The Morgan fingerprint density at radius 3 is 2.58 bits per heavy atom. The fourth-order valence-corrected chi connectivity index (χ4v) is 4.08. The van der Waals surface area contributed by atoms with Gasteiger partial charge in [-0.15, -0.1) is 11.3 Å². The van der Waals surface area contributed by atoms with Crippen molar-refractivity contribution in [2.75, 3.05) is 11.9 Å². The van der Waals surface area contributed by atoms with Crippen molar-refractivity contribution in [3.8, 4) is 0 Å². The van der Waals surface area contributed by atoms with E-state index in [0.717, 1.165) is 22.7 Å². The van der Waals surface area contributed by atoms with Gasteiger partial charge in [-0.05, 0) is 44.9 Å². The number of esters is 1. The second kappa shape index (κ2) is 9.13. The molecule has 3 rings (SSSR count). The largest absolute Gasteiger partial charge is 0.462 e. The summed E-state index contributed by atoms with van der Waals surface area (Å²) in [6, 6.07) is 3.51. The van der Waals surface area contributed by atoms with E-state index in [-0.39, 0.29) is 27.7 Å². The lowest BCUT2D eigenvalue weighted by molar-refractivity contribution is 0.0506. The number of nitrogens with two attached hydrogens (primary N) is 1. The number of primary amides is 1. The Morgan fingerprint density at radius 2 is 1.97 bits per heavy atom. The summed E-state index contributed by atoms with van der Waals surface area (Å²) in [5.41, 5.74) is 7.94. The molecule has 0 radical (unpaired) electrons. The average molecular weight is 445 g/mol. The van der Waals surface area contributed by atoms with Crippen LogP contribution in [0.25, 0.3) is 0 Å². The van der Waals surface area contributed by atoms with Crippen molar-refractivity contribution < 1.29 is 19.1 Å². The third-order valence-corrected chi connectivity index (χ3v) is 5.72. The molecule has 3 aromatic heterocycles. The number of rotatable bonds is 8. The summed E-state index contributed by atoms with van der Waals surface area (Å²) < 4.78 is 8.55. The fourth-order valence-electron chi connectivity index (χ4n) is 3.03. The highest BCUT2D eigenvalue weighted by Crippen LogP contribution is 2.33. The number of hydrogen-bond donors (Lipinski definition) is 2.